The number of nitrogens with one attached hydrogen (secondary N) is 1. The molecular weight excluding hydrogens is 184 g/mol. The molecule has 0 saturated heterocycles. The molecule has 2 rings (SSSR count). The minimum Gasteiger partial charge on any atom is -0.383 e. The highest BCUT2D eigenvalue weighted by atomic mass is 32.1. The number of fused-ring (bicyclic) bond motifs is 1. The number of hydrogen-bond donors (Lipinski definition) is 2. The van der Waals surface area contributed by atoms with Crippen LogP contribution in [0.25, 0.3) is 10.2 Å². The van der Waals surface area contributed by atoms with Crippen molar-refractivity contribution in [1.29, 1.82) is 0 Å². The first-order valence-corrected chi connectivity index (χ1v) is 4.74. The van der Waals surface area contributed by atoms with Crippen LogP contribution in [-0.2, 0) is 0 Å². The molecule has 0 aliphatic carbocycles. The standard InChI is InChI=1S/C8H10N4S/c1-4-3-5-6(9)11-8(10-2)12-7(5)13-4/h3H,1-2H3,(H3,9,10,11,12). The Hall–Kier alpha value is -1.36. The second-order valence-electron chi connectivity index (χ2n) is 2.76. The Bertz CT molecular complexity index is 449. The van der Waals surface area contributed by atoms with Gasteiger partial charge in [0, 0.05) is 11.9 Å². The summed E-state index contributed by atoms with van der Waals surface area (Å²) in [7, 11) is 1.78. The molecule has 0 aromatic carbocycles. The number of aromatic nitrogens is 2. The van der Waals surface area contributed by atoms with Gasteiger partial charge in [-0.2, -0.15) is 4.98 Å². The van der Waals surface area contributed by atoms with Crippen LogP contribution < -0.4 is 11.1 Å². The minimum atomic E-state index is 0.540. The molecule has 68 valence electrons. The molecule has 0 bridgehead atoms. The van der Waals surface area contributed by atoms with E-state index in [4.69, 9.17) is 5.73 Å². The van der Waals surface area contributed by atoms with Gasteiger partial charge in [0.2, 0.25) is 5.95 Å². The molecule has 2 aromatic heterocycles. The van der Waals surface area contributed by atoms with Crippen LogP contribution in [0.4, 0.5) is 11.8 Å². The van der Waals surface area contributed by atoms with Gasteiger partial charge in [0.05, 0.1) is 5.39 Å². The van der Waals surface area contributed by atoms with Crippen molar-refractivity contribution in [3.8, 4) is 0 Å². The molecule has 0 atom stereocenters. The number of anilines is 2. The lowest BCUT2D eigenvalue weighted by Gasteiger charge is -1.99. The summed E-state index contributed by atoms with van der Waals surface area (Å²) in [6, 6.07) is 2.01. The molecule has 13 heavy (non-hydrogen) atoms. The third-order valence-electron chi connectivity index (χ3n) is 1.77. The second-order valence-corrected chi connectivity index (χ2v) is 3.99. The van der Waals surface area contributed by atoms with Crippen LogP contribution in [-0.4, -0.2) is 17.0 Å². The Morgan fingerprint density at radius 3 is 2.92 bits per heavy atom. The summed E-state index contributed by atoms with van der Waals surface area (Å²) in [5, 5.41) is 3.82. The Kier molecular flexibility index (Phi) is 1.81. The topological polar surface area (TPSA) is 63.8 Å². The van der Waals surface area contributed by atoms with Crippen molar-refractivity contribution in [2.45, 2.75) is 6.92 Å². The van der Waals surface area contributed by atoms with Crippen molar-refractivity contribution in [3.05, 3.63) is 10.9 Å². The number of nitrogens with zero attached hydrogens (tertiary/aromatic N) is 2. The lowest BCUT2D eigenvalue weighted by molar-refractivity contribution is 1.21. The monoisotopic (exact) mass is 194 g/mol. The number of thiophene rings is 1. The summed E-state index contributed by atoms with van der Waals surface area (Å²) in [5.41, 5.74) is 5.76. The zero-order valence-corrected chi connectivity index (χ0v) is 8.27. The van der Waals surface area contributed by atoms with E-state index in [2.05, 4.69) is 15.3 Å². The van der Waals surface area contributed by atoms with Gasteiger partial charge in [0.15, 0.2) is 0 Å². The van der Waals surface area contributed by atoms with Gasteiger partial charge in [-0.3, -0.25) is 0 Å². The van der Waals surface area contributed by atoms with Gasteiger partial charge >= 0.3 is 0 Å². The van der Waals surface area contributed by atoms with E-state index >= 15 is 0 Å². The zero-order chi connectivity index (χ0) is 9.42. The molecule has 0 aliphatic heterocycles. The summed E-state index contributed by atoms with van der Waals surface area (Å²) in [5.74, 6) is 1.12. The molecule has 0 fully saturated rings. The van der Waals surface area contributed by atoms with Gasteiger partial charge in [0.1, 0.15) is 10.6 Å². The van der Waals surface area contributed by atoms with Crippen LogP contribution in [0.3, 0.4) is 0 Å². The summed E-state index contributed by atoms with van der Waals surface area (Å²) in [6.45, 7) is 2.03. The fourth-order valence-electron chi connectivity index (χ4n) is 1.18. The minimum absolute atomic E-state index is 0.540. The predicted molar refractivity (Wildman–Crippen MR) is 56.1 cm³/mol. The summed E-state index contributed by atoms with van der Waals surface area (Å²) in [6.07, 6.45) is 0. The fraction of sp³-hybridized carbons (Fsp3) is 0.250. The third-order valence-corrected chi connectivity index (χ3v) is 2.71. The molecule has 0 spiro atoms. The first kappa shape index (κ1) is 8.25. The Morgan fingerprint density at radius 1 is 1.46 bits per heavy atom. The van der Waals surface area contributed by atoms with Gasteiger partial charge in [0.25, 0.3) is 0 Å². The van der Waals surface area contributed by atoms with Gasteiger partial charge in [-0.15, -0.1) is 11.3 Å². The van der Waals surface area contributed by atoms with Crippen molar-refractivity contribution >= 4 is 33.3 Å². The highest BCUT2D eigenvalue weighted by molar-refractivity contribution is 7.18. The Morgan fingerprint density at radius 2 is 2.23 bits per heavy atom. The van der Waals surface area contributed by atoms with E-state index in [9.17, 15) is 0 Å². The third kappa shape index (κ3) is 1.31. The first-order chi connectivity index (χ1) is 6.20. The zero-order valence-electron chi connectivity index (χ0n) is 7.46. The van der Waals surface area contributed by atoms with Crippen LogP contribution in [0.1, 0.15) is 4.88 Å². The van der Waals surface area contributed by atoms with Crippen LogP contribution in [0.15, 0.2) is 6.07 Å². The van der Waals surface area contributed by atoms with Crippen molar-refractivity contribution in [2.75, 3.05) is 18.1 Å². The van der Waals surface area contributed by atoms with E-state index in [0.29, 0.717) is 11.8 Å². The number of nitrogen functional groups attached to an aromatic ring is 1. The predicted octanol–water partition coefficient (Wildman–Crippen LogP) is 1.62. The quantitative estimate of drug-likeness (QED) is 0.724. The second kappa shape index (κ2) is 2.85. The molecule has 2 aromatic rings. The molecule has 4 nitrogen and oxygen atoms in total. The number of rotatable bonds is 1. The lowest BCUT2D eigenvalue weighted by Crippen LogP contribution is -1.99. The van der Waals surface area contributed by atoms with E-state index < -0.39 is 0 Å². The molecule has 5 heteroatoms. The van der Waals surface area contributed by atoms with Gasteiger partial charge in [-0.05, 0) is 13.0 Å². The van der Waals surface area contributed by atoms with Crippen molar-refractivity contribution in [3.63, 3.8) is 0 Å². The fourth-order valence-corrected chi connectivity index (χ4v) is 2.06. The van der Waals surface area contributed by atoms with Crippen LogP contribution in [0.2, 0.25) is 0 Å². The van der Waals surface area contributed by atoms with Crippen molar-refractivity contribution < 1.29 is 0 Å². The van der Waals surface area contributed by atoms with Crippen LogP contribution in [0, 0.1) is 6.92 Å². The number of hydrogen-bond acceptors (Lipinski definition) is 5. The van der Waals surface area contributed by atoms with Gasteiger partial charge in [-0.25, -0.2) is 4.98 Å². The Labute approximate surface area is 79.8 Å². The highest BCUT2D eigenvalue weighted by Gasteiger charge is 2.06. The average Bonchev–Trinajstić information content (AvgIpc) is 2.46. The molecule has 0 radical (unpaired) electrons. The largest absolute Gasteiger partial charge is 0.383 e. The maximum absolute atomic E-state index is 5.76. The lowest BCUT2D eigenvalue weighted by atomic mass is 10.3. The van der Waals surface area contributed by atoms with Crippen molar-refractivity contribution in [1.82, 2.24) is 9.97 Å². The van der Waals surface area contributed by atoms with Crippen LogP contribution >= 0.6 is 11.3 Å². The van der Waals surface area contributed by atoms with Gasteiger partial charge < -0.3 is 11.1 Å². The molecule has 3 N–H and O–H groups in total. The molecular formula is C8H10N4S. The van der Waals surface area contributed by atoms with Crippen molar-refractivity contribution in [2.24, 2.45) is 0 Å². The Balaban J connectivity index is 2.75. The van der Waals surface area contributed by atoms with E-state index in [-0.39, 0.29) is 0 Å². The molecule has 0 saturated carbocycles. The normalized spacial score (nSPS) is 10.6. The maximum atomic E-state index is 5.76. The van der Waals surface area contributed by atoms with Gasteiger partial charge in [-0.1, -0.05) is 0 Å². The van der Waals surface area contributed by atoms with E-state index in [1.54, 1.807) is 18.4 Å². The smallest absolute Gasteiger partial charge is 0.225 e. The summed E-state index contributed by atoms with van der Waals surface area (Å²) in [4.78, 5) is 10.5. The van der Waals surface area contributed by atoms with Crippen LogP contribution in [0.5, 0.6) is 0 Å². The maximum Gasteiger partial charge on any atom is 0.225 e. The van der Waals surface area contributed by atoms with E-state index in [0.717, 1.165) is 10.2 Å². The molecule has 0 amide bonds. The summed E-state index contributed by atoms with van der Waals surface area (Å²) < 4.78 is 0. The average molecular weight is 194 g/mol. The van der Waals surface area contributed by atoms with E-state index in [1.807, 2.05) is 13.0 Å². The SMILES string of the molecule is CNc1nc(N)c2cc(C)sc2n1. The molecule has 0 aliphatic rings. The van der Waals surface area contributed by atoms with E-state index in [1.165, 1.54) is 4.88 Å². The molecule has 2 heterocycles. The first-order valence-electron chi connectivity index (χ1n) is 3.92. The highest BCUT2D eigenvalue weighted by Crippen LogP contribution is 2.27. The summed E-state index contributed by atoms with van der Waals surface area (Å²) >= 11 is 1.62. The molecule has 0 unspecified atom stereocenters. The number of nitrogens with two attached hydrogens (primary N) is 1. The number of aryl methyl sites for hydroxylation is 1.